The zero-order valence-corrected chi connectivity index (χ0v) is 14.9. The van der Waals surface area contributed by atoms with Crippen molar-refractivity contribution in [3.63, 3.8) is 0 Å². The van der Waals surface area contributed by atoms with Crippen molar-refractivity contribution >= 4 is 5.97 Å². The van der Waals surface area contributed by atoms with E-state index < -0.39 is 0 Å². The van der Waals surface area contributed by atoms with Crippen LogP contribution >= 0.6 is 0 Å². The summed E-state index contributed by atoms with van der Waals surface area (Å²) in [6, 6.07) is 20.1. The van der Waals surface area contributed by atoms with Crippen LogP contribution < -0.4 is 0 Å². The summed E-state index contributed by atoms with van der Waals surface area (Å²) in [4.78, 5) is 15.3. The zero-order valence-electron chi connectivity index (χ0n) is 14.9. The van der Waals surface area contributed by atoms with Crippen molar-refractivity contribution in [1.82, 2.24) is 4.90 Å². The normalized spacial score (nSPS) is 18.7. The van der Waals surface area contributed by atoms with Crippen molar-refractivity contribution in [1.29, 1.82) is 0 Å². The van der Waals surface area contributed by atoms with Gasteiger partial charge in [-0.05, 0) is 37.6 Å². The molecule has 1 saturated heterocycles. The monoisotopic (exact) mass is 337 g/mol. The first kappa shape index (κ1) is 17.7. The fraction of sp³-hybridized carbons (Fsp3) is 0.409. The Hall–Kier alpha value is -2.13. The van der Waals surface area contributed by atoms with E-state index in [0.29, 0.717) is 12.6 Å². The van der Waals surface area contributed by atoms with Gasteiger partial charge in [0, 0.05) is 6.04 Å². The summed E-state index contributed by atoms with van der Waals surface area (Å²) in [5, 5.41) is 0. The second-order valence-electron chi connectivity index (χ2n) is 6.87. The summed E-state index contributed by atoms with van der Waals surface area (Å²) in [5.41, 5.74) is 1.96. The van der Waals surface area contributed by atoms with Gasteiger partial charge in [-0.2, -0.15) is 0 Å². The van der Waals surface area contributed by atoms with Crippen molar-refractivity contribution in [3.05, 3.63) is 71.8 Å². The van der Waals surface area contributed by atoms with Crippen molar-refractivity contribution in [2.24, 2.45) is 0 Å². The summed E-state index contributed by atoms with van der Waals surface area (Å²) in [7, 11) is 2.13. The molecule has 3 heteroatoms. The minimum absolute atomic E-state index is 0.157. The van der Waals surface area contributed by atoms with Crippen LogP contribution in [-0.2, 0) is 9.53 Å². The topological polar surface area (TPSA) is 29.5 Å². The number of likely N-dealkylation sites (tertiary alicyclic amines) is 1. The number of hydrogen-bond donors (Lipinski definition) is 0. The van der Waals surface area contributed by atoms with E-state index in [9.17, 15) is 4.79 Å². The molecule has 1 heterocycles. The largest absolute Gasteiger partial charge is 0.463 e. The van der Waals surface area contributed by atoms with Gasteiger partial charge < -0.3 is 9.64 Å². The zero-order chi connectivity index (χ0) is 17.5. The molecular weight excluding hydrogens is 310 g/mol. The predicted molar refractivity (Wildman–Crippen MR) is 101 cm³/mol. The van der Waals surface area contributed by atoms with Gasteiger partial charge in [-0.15, -0.1) is 0 Å². The molecule has 1 fully saturated rings. The maximum Gasteiger partial charge on any atom is 0.317 e. The number of benzene rings is 2. The maximum atomic E-state index is 12.9. The van der Waals surface area contributed by atoms with E-state index in [1.54, 1.807) is 0 Å². The van der Waals surface area contributed by atoms with Gasteiger partial charge in [0.25, 0.3) is 0 Å². The minimum Gasteiger partial charge on any atom is -0.463 e. The molecule has 0 N–H and O–H groups in total. The lowest BCUT2D eigenvalue weighted by Crippen LogP contribution is -2.36. The van der Waals surface area contributed by atoms with Crippen molar-refractivity contribution in [2.75, 3.05) is 20.2 Å². The van der Waals surface area contributed by atoms with E-state index in [0.717, 1.165) is 24.1 Å². The molecule has 2 aromatic rings. The van der Waals surface area contributed by atoms with Crippen molar-refractivity contribution in [3.8, 4) is 0 Å². The number of hydrogen-bond acceptors (Lipinski definition) is 3. The lowest BCUT2D eigenvalue weighted by molar-refractivity contribution is -0.146. The van der Waals surface area contributed by atoms with Crippen LogP contribution in [0.15, 0.2) is 60.7 Å². The number of likely N-dealkylation sites (N-methyl/N-ethyl adjacent to an activating group) is 1. The number of carbonyl (C=O) groups excluding carboxylic acids is 1. The molecule has 0 aromatic heterocycles. The Labute approximate surface area is 150 Å². The average molecular weight is 337 g/mol. The molecule has 0 spiro atoms. The Kier molecular flexibility index (Phi) is 6.24. The molecule has 1 atom stereocenters. The molecule has 2 aromatic carbocycles. The second-order valence-corrected chi connectivity index (χ2v) is 6.87. The number of ether oxygens (including phenoxy) is 1. The molecular formula is C22H27NO2. The summed E-state index contributed by atoms with van der Waals surface area (Å²) < 4.78 is 5.80. The molecule has 0 saturated carbocycles. The molecule has 0 bridgehead atoms. The third-order valence-corrected chi connectivity index (χ3v) is 5.09. The lowest BCUT2D eigenvalue weighted by atomic mass is 9.91. The summed E-state index contributed by atoms with van der Waals surface area (Å²) in [6.07, 6.45) is 4.82. The van der Waals surface area contributed by atoms with E-state index in [1.165, 1.54) is 19.3 Å². The number of esters is 1. The highest BCUT2D eigenvalue weighted by atomic mass is 16.5. The van der Waals surface area contributed by atoms with Crippen LogP contribution in [0.3, 0.4) is 0 Å². The third-order valence-electron chi connectivity index (χ3n) is 5.09. The van der Waals surface area contributed by atoms with E-state index in [1.807, 2.05) is 60.7 Å². The van der Waals surface area contributed by atoms with Crippen LogP contribution in [0.1, 0.15) is 42.7 Å². The minimum atomic E-state index is -0.363. The molecule has 0 aliphatic carbocycles. The smallest absolute Gasteiger partial charge is 0.317 e. The van der Waals surface area contributed by atoms with Gasteiger partial charge in [0.15, 0.2) is 0 Å². The standard InChI is InChI=1S/C22H27NO2/c1-23-16-10-4-9-15-20(23)17-25-22(24)21(18-11-5-2-6-12-18)19-13-7-3-8-14-19/h2-3,5-8,11-14,20-21H,4,9-10,15-17H2,1H3. The first-order chi connectivity index (χ1) is 12.3. The predicted octanol–water partition coefficient (Wildman–Crippen LogP) is 4.24. The highest BCUT2D eigenvalue weighted by Crippen LogP contribution is 2.26. The Balaban J connectivity index is 1.73. The third kappa shape index (κ3) is 4.70. The van der Waals surface area contributed by atoms with Gasteiger partial charge in [0.2, 0.25) is 0 Å². The van der Waals surface area contributed by atoms with Crippen LogP contribution in [0.25, 0.3) is 0 Å². The van der Waals surface area contributed by atoms with E-state index in [4.69, 9.17) is 4.74 Å². The Bertz CT molecular complexity index is 617. The highest BCUT2D eigenvalue weighted by Gasteiger charge is 2.26. The van der Waals surface area contributed by atoms with Gasteiger partial charge in [-0.1, -0.05) is 73.5 Å². The van der Waals surface area contributed by atoms with Gasteiger partial charge in [0.05, 0.1) is 0 Å². The molecule has 3 nitrogen and oxygen atoms in total. The number of rotatable bonds is 5. The summed E-state index contributed by atoms with van der Waals surface area (Å²) in [5.74, 6) is -0.520. The van der Waals surface area contributed by atoms with Gasteiger partial charge in [-0.25, -0.2) is 0 Å². The van der Waals surface area contributed by atoms with Gasteiger partial charge in [-0.3, -0.25) is 4.79 Å². The van der Waals surface area contributed by atoms with Crippen LogP contribution in [0.4, 0.5) is 0 Å². The van der Waals surface area contributed by atoms with Crippen LogP contribution in [0, 0.1) is 0 Å². The molecule has 1 aliphatic rings. The maximum absolute atomic E-state index is 12.9. The van der Waals surface area contributed by atoms with Gasteiger partial charge in [0.1, 0.15) is 12.5 Å². The van der Waals surface area contributed by atoms with E-state index >= 15 is 0 Å². The van der Waals surface area contributed by atoms with Crippen LogP contribution in [0.2, 0.25) is 0 Å². The second kappa shape index (κ2) is 8.82. The Morgan fingerprint density at radius 2 is 1.60 bits per heavy atom. The first-order valence-electron chi connectivity index (χ1n) is 9.22. The highest BCUT2D eigenvalue weighted by molar-refractivity contribution is 5.82. The molecule has 1 unspecified atom stereocenters. The lowest BCUT2D eigenvalue weighted by Gasteiger charge is -2.26. The van der Waals surface area contributed by atoms with Crippen LogP contribution in [-0.4, -0.2) is 37.1 Å². The van der Waals surface area contributed by atoms with E-state index in [-0.39, 0.29) is 11.9 Å². The van der Waals surface area contributed by atoms with Gasteiger partial charge >= 0.3 is 5.97 Å². The van der Waals surface area contributed by atoms with Crippen molar-refractivity contribution < 1.29 is 9.53 Å². The van der Waals surface area contributed by atoms with Crippen LogP contribution in [0.5, 0.6) is 0 Å². The summed E-state index contributed by atoms with van der Waals surface area (Å²) in [6.45, 7) is 1.56. The average Bonchev–Trinajstić information content (AvgIpc) is 2.86. The Morgan fingerprint density at radius 3 is 2.20 bits per heavy atom. The summed E-state index contributed by atoms with van der Waals surface area (Å²) >= 11 is 0. The molecule has 3 rings (SSSR count). The molecule has 0 radical (unpaired) electrons. The fourth-order valence-electron chi connectivity index (χ4n) is 3.55. The fourth-order valence-corrected chi connectivity index (χ4v) is 3.55. The van der Waals surface area contributed by atoms with E-state index in [2.05, 4.69) is 11.9 Å². The number of carbonyl (C=O) groups is 1. The number of nitrogens with zero attached hydrogens (tertiary/aromatic N) is 1. The van der Waals surface area contributed by atoms with Crippen molar-refractivity contribution in [2.45, 2.75) is 37.6 Å². The first-order valence-corrected chi connectivity index (χ1v) is 9.22. The quantitative estimate of drug-likeness (QED) is 0.765. The Morgan fingerprint density at radius 1 is 1.00 bits per heavy atom. The molecule has 25 heavy (non-hydrogen) atoms. The molecule has 1 aliphatic heterocycles. The molecule has 132 valence electrons. The molecule has 0 amide bonds. The SMILES string of the molecule is CN1CCCCCC1COC(=O)C(c1ccccc1)c1ccccc1.